The van der Waals surface area contributed by atoms with Crippen LogP contribution in [0.2, 0.25) is 5.02 Å². The number of Topliss-reactive ketones (excluding diaryl/α,β-unsaturated/α-hetero) is 1. The number of ketones is 1. The van der Waals surface area contributed by atoms with Crippen molar-refractivity contribution in [2.24, 2.45) is 0 Å². The number of hydrogen-bond donors (Lipinski definition) is 0. The summed E-state index contributed by atoms with van der Waals surface area (Å²) in [6, 6.07) is 5.98. The number of halogens is 1. The molecule has 2 saturated heterocycles. The smallest absolute Gasteiger partial charge is 0.170 e. The molecule has 0 aromatic heterocycles. The standard InChI is InChI=1S/C16H18ClNO2/c17-11-3-4-15-13(8-11)14(19)10-16(20-15)5-7-18-6-1-2-12(18)9-16/h3-4,8,12H,1-2,5-7,9-10H2. The largest absolute Gasteiger partial charge is 0.486 e. The van der Waals surface area contributed by atoms with Gasteiger partial charge >= 0.3 is 0 Å². The second kappa shape index (κ2) is 4.47. The molecule has 0 N–H and O–H groups in total. The molecule has 0 radical (unpaired) electrons. The van der Waals surface area contributed by atoms with Crippen molar-refractivity contribution in [3.63, 3.8) is 0 Å². The maximum atomic E-state index is 12.5. The molecule has 4 rings (SSSR count). The summed E-state index contributed by atoms with van der Waals surface area (Å²) in [4.78, 5) is 15.0. The van der Waals surface area contributed by atoms with Crippen molar-refractivity contribution in [3.8, 4) is 5.75 Å². The SMILES string of the molecule is O=C1CC2(CCN3CCCC3C2)Oc2ccc(Cl)cc21. The van der Waals surface area contributed by atoms with Crippen LogP contribution in [0.3, 0.4) is 0 Å². The Morgan fingerprint density at radius 1 is 1.35 bits per heavy atom. The molecular formula is C16H18ClNO2. The van der Waals surface area contributed by atoms with Crippen LogP contribution in [0.15, 0.2) is 18.2 Å². The molecule has 2 fully saturated rings. The van der Waals surface area contributed by atoms with E-state index in [-0.39, 0.29) is 11.4 Å². The van der Waals surface area contributed by atoms with E-state index in [1.165, 1.54) is 19.4 Å². The molecule has 20 heavy (non-hydrogen) atoms. The van der Waals surface area contributed by atoms with Crippen molar-refractivity contribution in [3.05, 3.63) is 28.8 Å². The van der Waals surface area contributed by atoms with Gasteiger partial charge in [-0.2, -0.15) is 0 Å². The lowest BCUT2D eigenvalue weighted by Crippen LogP contribution is -2.53. The van der Waals surface area contributed by atoms with E-state index in [0.29, 0.717) is 23.0 Å². The summed E-state index contributed by atoms with van der Waals surface area (Å²) in [5, 5.41) is 0.599. The lowest BCUT2D eigenvalue weighted by Gasteiger charge is -2.46. The van der Waals surface area contributed by atoms with Gasteiger partial charge in [0.05, 0.1) is 12.0 Å². The first-order valence-corrected chi connectivity index (χ1v) is 7.79. The molecule has 3 heterocycles. The van der Waals surface area contributed by atoms with E-state index in [2.05, 4.69) is 4.90 Å². The highest BCUT2D eigenvalue weighted by atomic mass is 35.5. The molecule has 2 unspecified atom stereocenters. The van der Waals surface area contributed by atoms with Gasteiger partial charge in [-0.25, -0.2) is 0 Å². The zero-order chi connectivity index (χ0) is 13.7. The second-order valence-corrected chi connectivity index (χ2v) is 6.75. The maximum absolute atomic E-state index is 12.5. The fourth-order valence-electron chi connectivity index (χ4n) is 4.02. The molecule has 1 aromatic rings. The predicted molar refractivity (Wildman–Crippen MR) is 77.6 cm³/mol. The fourth-order valence-corrected chi connectivity index (χ4v) is 4.19. The Kier molecular flexibility index (Phi) is 2.83. The molecule has 0 saturated carbocycles. The van der Waals surface area contributed by atoms with Crippen LogP contribution < -0.4 is 4.74 Å². The average molecular weight is 292 g/mol. The lowest BCUT2D eigenvalue weighted by atomic mass is 9.79. The summed E-state index contributed by atoms with van der Waals surface area (Å²) in [5.74, 6) is 0.900. The Bertz CT molecular complexity index is 574. The topological polar surface area (TPSA) is 29.5 Å². The van der Waals surface area contributed by atoms with E-state index in [4.69, 9.17) is 16.3 Å². The number of carbonyl (C=O) groups excluding carboxylic acids is 1. The van der Waals surface area contributed by atoms with Crippen molar-refractivity contribution >= 4 is 17.4 Å². The molecule has 4 heteroatoms. The van der Waals surface area contributed by atoms with Gasteiger partial charge in [0.2, 0.25) is 0 Å². The highest BCUT2D eigenvalue weighted by Crippen LogP contribution is 2.43. The van der Waals surface area contributed by atoms with Crippen molar-refractivity contribution in [1.82, 2.24) is 4.90 Å². The molecule has 0 aliphatic carbocycles. The zero-order valence-electron chi connectivity index (χ0n) is 11.4. The van der Waals surface area contributed by atoms with Gasteiger partial charge in [0.15, 0.2) is 5.78 Å². The molecular weight excluding hydrogens is 274 g/mol. The maximum Gasteiger partial charge on any atom is 0.170 e. The molecule has 0 amide bonds. The van der Waals surface area contributed by atoms with E-state index in [1.807, 2.05) is 6.07 Å². The first kappa shape index (κ1) is 12.7. The molecule has 0 bridgehead atoms. The van der Waals surface area contributed by atoms with E-state index in [9.17, 15) is 4.79 Å². The number of piperidine rings is 1. The number of rotatable bonds is 0. The number of fused-ring (bicyclic) bond motifs is 2. The van der Waals surface area contributed by atoms with E-state index in [0.717, 1.165) is 25.1 Å². The van der Waals surface area contributed by atoms with Gasteiger partial charge in [0.1, 0.15) is 11.4 Å². The van der Waals surface area contributed by atoms with E-state index in [1.54, 1.807) is 12.1 Å². The van der Waals surface area contributed by atoms with Crippen LogP contribution in [0.4, 0.5) is 0 Å². The summed E-state index contributed by atoms with van der Waals surface area (Å²) in [5.41, 5.74) is 0.376. The van der Waals surface area contributed by atoms with Gasteiger partial charge in [0.25, 0.3) is 0 Å². The number of ether oxygens (including phenoxy) is 1. The number of hydrogen-bond acceptors (Lipinski definition) is 3. The van der Waals surface area contributed by atoms with Gasteiger partial charge in [-0.15, -0.1) is 0 Å². The van der Waals surface area contributed by atoms with Gasteiger partial charge in [-0.3, -0.25) is 4.79 Å². The zero-order valence-corrected chi connectivity index (χ0v) is 12.2. The predicted octanol–water partition coefficient (Wildman–Crippen LogP) is 3.30. The lowest BCUT2D eigenvalue weighted by molar-refractivity contribution is -0.0228. The van der Waals surface area contributed by atoms with Gasteiger partial charge in [-0.1, -0.05) is 11.6 Å². The van der Waals surface area contributed by atoms with Crippen LogP contribution in [0, 0.1) is 0 Å². The van der Waals surface area contributed by atoms with Crippen molar-refractivity contribution in [1.29, 1.82) is 0 Å². The monoisotopic (exact) mass is 291 g/mol. The van der Waals surface area contributed by atoms with Gasteiger partial charge < -0.3 is 9.64 Å². The third kappa shape index (κ3) is 1.95. The normalized spacial score (nSPS) is 32.9. The number of nitrogens with zero attached hydrogens (tertiary/aromatic N) is 1. The summed E-state index contributed by atoms with van der Waals surface area (Å²) in [6.45, 7) is 2.27. The quantitative estimate of drug-likeness (QED) is 0.734. The van der Waals surface area contributed by atoms with Crippen molar-refractivity contribution in [2.45, 2.75) is 43.7 Å². The summed E-state index contributed by atoms with van der Waals surface area (Å²) in [6.07, 6.45) is 4.97. The Balaban J connectivity index is 1.65. The van der Waals surface area contributed by atoms with E-state index >= 15 is 0 Å². The Morgan fingerprint density at radius 2 is 2.25 bits per heavy atom. The Hall–Kier alpha value is -1.06. The first-order chi connectivity index (χ1) is 9.65. The van der Waals surface area contributed by atoms with Crippen LogP contribution in [0.1, 0.15) is 42.5 Å². The minimum atomic E-state index is -0.274. The van der Waals surface area contributed by atoms with Crippen LogP contribution in [-0.4, -0.2) is 35.4 Å². The molecule has 3 aliphatic rings. The third-order valence-corrected chi connectivity index (χ3v) is 5.25. The molecule has 106 valence electrons. The van der Waals surface area contributed by atoms with Gasteiger partial charge in [-0.05, 0) is 37.6 Å². The Morgan fingerprint density at radius 3 is 3.15 bits per heavy atom. The van der Waals surface area contributed by atoms with Crippen molar-refractivity contribution < 1.29 is 9.53 Å². The van der Waals surface area contributed by atoms with Crippen LogP contribution in [-0.2, 0) is 0 Å². The number of carbonyl (C=O) groups is 1. The minimum Gasteiger partial charge on any atom is -0.486 e. The highest BCUT2D eigenvalue weighted by molar-refractivity contribution is 6.31. The Labute approximate surface area is 123 Å². The second-order valence-electron chi connectivity index (χ2n) is 6.31. The summed E-state index contributed by atoms with van der Waals surface area (Å²) >= 11 is 5.98. The summed E-state index contributed by atoms with van der Waals surface area (Å²) in [7, 11) is 0. The average Bonchev–Trinajstić information content (AvgIpc) is 2.87. The van der Waals surface area contributed by atoms with Crippen LogP contribution in [0.5, 0.6) is 5.75 Å². The van der Waals surface area contributed by atoms with Gasteiger partial charge in [0, 0.05) is 30.5 Å². The molecule has 3 nitrogen and oxygen atoms in total. The molecule has 1 aromatic carbocycles. The summed E-state index contributed by atoms with van der Waals surface area (Å²) < 4.78 is 6.29. The molecule has 1 spiro atoms. The third-order valence-electron chi connectivity index (χ3n) is 5.01. The van der Waals surface area contributed by atoms with Crippen LogP contribution in [0.25, 0.3) is 0 Å². The fraction of sp³-hybridized carbons (Fsp3) is 0.562. The van der Waals surface area contributed by atoms with Crippen LogP contribution >= 0.6 is 11.6 Å². The minimum absolute atomic E-state index is 0.181. The molecule has 2 atom stereocenters. The van der Waals surface area contributed by atoms with Crippen molar-refractivity contribution in [2.75, 3.05) is 13.1 Å². The first-order valence-electron chi connectivity index (χ1n) is 7.41. The number of benzene rings is 1. The van der Waals surface area contributed by atoms with E-state index < -0.39 is 0 Å². The highest BCUT2D eigenvalue weighted by Gasteiger charge is 2.47. The molecule has 3 aliphatic heterocycles.